The average Bonchev–Trinajstić information content (AvgIpc) is 3.06. The molecule has 1 saturated heterocycles. The molecule has 0 bridgehead atoms. The highest BCUT2D eigenvalue weighted by atomic mass is 32.1. The Morgan fingerprint density at radius 1 is 1.00 bits per heavy atom. The van der Waals surface area contributed by atoms with Crippen molar-refractivity contribution in [3.63, 3.8) is 0 Å². The first-order chi connectivity index (χ1) is 12.5. The van der Waals surface area contributed by atoms with Crippen molar-refractivity contribution in [2.45, 2.75) is 12.7 Å². The van der Waals surface area contributed by atoms with Crippen LogP contribution < -0.4 is 4.90 Å². The van der Waals surface area contributed by atoms with Gasteiger partial charge in [0.2, 0.25) is 0 Å². The van der Waals surface area contributed by atoms with Gasteiger partial charge in [-0.25, -0.2) is 4.98 Å². The number of anilines is 1. The normalized spacial score (nSPS) is 16.3. The molecule has 1 fully saturated rings. The van der Waals surface area contributed by atoms with E-state index in [4.69, 9.17) is 0 Å². The van der Waals surface area contributed by atoms with Gasteiger partial charge in [-0.1, -0.05) is 29.5 Å². The van der Waals surface area contributed by atoms with Crippen molar-refractivity contribution in [3.8, 4) is 0 Å². The number of fused-ring (bicyclic) bond motifs is 1. The molecule has 1 aliphatic rings. The number of hydrogen-bond acceptors (Lipinski definition) is 5. The fourth-order valence-corrected chi connectivity index (χ4v) is 4.17. The van der Waals surface area contributed by atoms with Crippen LogP contribution in [0.3, 0.4) is 0 Å². The molecule has 0 N–H and O–H groups in total. The predicted octanol–water partition coefficient (Wildman–Crippen LogP) is 4.03. The lowest BCUT2D eigenvalue weighted by Gasteiger charge is -2.34. The van der Waals surface area contributed by atoms with Gasteiger partial charge in [-0.15, -0.1) is 0 Å². The van der Waals surface area contributed by atoms with Crippen LogP contribution >= 0.6 is 11.3 Å². The summed E-state index contributed by atoms with van der Waals surface area (Å²) in [5, 5.41) is 0.975. The van der Waals surface area contributed by atoms with Gasteiger partial charge in [-0.3, -0.25) is 9.88 Å². The number of halogens is 3. The third-order valence-corrected chi connectivity index (χ3v) is 5.58. The standard InChI is InChI=1S/C18H17F3N4S/c19-18(20,21)16-13(4-3-7-22-16)12-24-8-10-25(11-9-24)17-23-14-5-1-2-6-15(14)26-17/h1-7H,8-12H2. The first-order valence-electron chi connectivity index (χ1n) is 8.35. The molecule has 3 heterocycles. The number of piperazine rings is 1. The monoisotopic (exact) mass is 378 g/mol. The Labute approximate surface area is 152 Å². The SMILES string of the molecule is FC(F)(F)c1ncccc1CN1CCN(c2nc3ccccc3s2)CC1. The molecule has 4 rings (SSSR count). The van der Waals surface area contributed by atoms with Crippen LogP contribution in [0.2, 0.25) is 0 Å². The van der Waals surface area contributed by atoms with E-state index in [-0.39, 0.29) is 12.1 Å². The van der Waals surface area contributed by atoms with Crippen LogP contribution in [0.4, 0.5) is 18.3 Å². The molecule has 3 aromatic rings. The molecule has 0 radical (unpaired) electrons. The minimum atomic E-state index is -4.42. The Morgan fingerprint density at radius 2 is 1.77 bits per heavy atom. The summed E-state index contributed by atoms with van der Waals surface area (Å²) in [5.41, 5.74) is 0.433. The Balaban J connectivity index is 1.43. The minimum Gasteiger partial charge on any atom is -0.345 e. The number of alkyl halides is 3. The van der Waals surface area contributed by atoms with E-state index in [1.807, 2.05) is 29.2 Å². The van der Waals surface area contributed by atoms with Gasteiger partial charge in [0.05, 0.1) is 10.2 Å². The van der Waals surface area contributed by atoms with Crippen LogP contribution in [0.25, 0.3) is 10.2 Å². The van der Waals surface area contributed by atoms with E-state index < -0.39 is 11.9 Å². The van der Waals surface area contributed by atoms with Gasteiger partial charge in [0.1, 0.15) is 5.69 Å². The Kier molecular flexibility index (Phi) is 4.54. The summed E-state index contributed by atoms with van der Waals surface area (Å²) < 4.78 is 40.4. The van der Waals surface area contributed by atoms with E-state index in [0.717, 1.165) is 28.4 Å². The number of rotatable bonds is 3. The van der Waals surface area contributed by atoms with E-state index in [1.165, 1.54) is 12.3 Å². The number of para-hydroxylation sites is 1. The lowest BCUT2D eigenvalue weighted by Crippen LogP contribution is -2.46. The average molecular weight is 378 g/mol. The summed E-state index contributed by atoms with van der Waals surface area (Å²) in [7, 11) is 0. The molecule has 1 aromatic carbocycles. The largest absolute Gasteiger partial charge is 0.433 e. The van der Waals surface area contributed by atoms with Crippen LogP contribution in [0, 0.1) is 0 Å². The molecule has 0 unspecified atom stereocenters. The molecule has 4 nitrogen and oxygen atoms in total. The van der Waals surface area contributed by atoms with E-state index in [2.05, 4.69) is 14.9 Å². The zero-order chi connectivity index (χ0) is 18.1. The molecular formula is C18H17F3N4S. The van der Waals surface area contributed by atoms with Crippen LogP contribution in [-0.2, 0) is 12.7 Å². The summed E-state index contributed by atoms with van der Waals surface area (Å²) in [6, 6.07) is 11.1. The number of nitrogens with zero attached hydrogens (tertiary/aromatic N) is 4. The molecule has 0 aliphatic carbocycles. The van der Waals surface area contributed by atoms with E-state index in [1.54, 1.807) is 17.4 Å². The lowest BCUT2D eigenvalue weighted by molar-refractivity contribution is -0.142. The third kappa shape index (κ3) is 3.52. The molecule has 0 spiro atoms. The number of pyridine rings is 1. The van der Waals surface area contributed by atoms with Crippen molar-refractivity contribution in [1.82, 2.24) is 14.9 Å². The minimum absolute atomic E-state index is 0.230. The third-order valence-electron chi connectivity index (χ3n) is 4.48. The molecule has 26 heavy (non-hydrogen) atoms. The Bertz CT molecular complexity index is 868. The molecule has 2 aromatic heterocycles. The maximum absolute atomic E-state index is 13.1. The highest BCUT2D eigenvalue weighted by Gasteiger charge is 2.35. The van der Waals surface area contributed by atoms with E-state index in [0.29, 0.717) is 13.1 Å². The predicted molar refractivity (Wildman–Crippen MR) is 96.3 cm³/mol. The van der Waals surface area contributed by atoms with Crippen molar-refractivity contribution in [2.24, 2.45) is 0 Å². The molecular weight excluding hydrogens is 361 g/mol. The molecule has 8 heteroatoms. The van der Waals surface area contributed by atoms with Crippen LogP contribution in [0.15, 0.2) is 42.6 Å². The summed E-state index contributed by atoms with van der Waals surface area (Å²) in [6.45, 7) is 3.16. The smallest absolute Gasteiger partial charge is 0.345 e. The van der Waals surface area contributed by atoms with E-state index >= 15 is 0 Å². The fraction of sp³-hybridized carbons (Fsp3) is 0.333. The van der Waals surface area contributed by atoms with Crippen molar-refractivity contribution < 1.29 is 13.2 Å². The number of thiazole rings is 1. The quantitative estimate of drug-likeness (QED) is 0.689. The first kappa shape index (κ1) is 17.2. The van der Waals surface area contributed by atoms with Gasteiger partial charge < -0.3 is 4.90 Å². The van der Waals surface area contributed by atoms with Gasteiger partial charge in [0.15, 0.2) is 5.13 Å². The van der Waals surface area contributed by atoms with Crippen molar-refractivity contribution in [3.05, 3.63) is 53.9 Å². The summed E-state index contributed by atoms with van der Waals surface area (Å²) in [6.07, 6.45) is -3.23. The maximum Gasteiger partial charge on any atom is 0.433 e. The van der Waals surface area contributed by atoms with Gasteiger partial charge in [0.25, 0.3) is 0 Å². The van der Waals surface area contributed by atoms with Crippen LogP contribution in [0.5, 0.6) is 0 Å². The fourth-order valence-electron chi connectivity index (χ4n) is 3.15. The Hall–Kier alpha value is -2.19. The van der Waals surface area contributed by atoms with Gasteiger partial charge in [-0.2, -0.15) is 13.2 Å². The first-order valence-corrected chi connectivity index (χ1v) is 9.16. The molecule has 0 atom stereocenters. The molecule has 1 aliphatic heterocycles. The van der Waals surface area contributed by atoms with Gasteiger partial charge in [-0.05, 0) is 23.8 Å². The van der Waals surface area contributed by atoms with Crippen molar-refractivity contribution in [2.75, 3.05) is 31.1 Å². The van der Waals surface area contributed by atoms with Crippen LogP contribution in [-0.4, -0.2) is 41.0 Å². The van der Waals surface area contributed by atoms with Crippen molar-refractivity contribution >= 4 is 26.7 Å². The summed E-state index contributed by atoms with van der Waals surface area (Å²) >= 11 is 1.65. The second-order valence-corrected chi connectivity index (χ2v) is 7.25. The molecule has 0 amide bonds. The second kappa shape index (κ2) is 6.85. The lowest BCUT2D eigenvalue weighted by atomic mass is 10.1. The maximum atomic E-state index is 13.1. The summed E-state index contributed by atoms with van der Waals surface area (Å²) in [4.78, 5) is 12.4. The number of hydrogen-bond donors (Lipinski definition) is 0. The van der Waals surface area contributed by atoms with Gasteiger partial charge in [0, 0.05) is 38.9 Å². The summed E-state index contributed by atoms with van der Waals surface area (Å²) in [5.74, 6) is 0. The zero-order valence-corrected chi connectivity index (χ0v) is 14.7. The topological polar surface area (TPSA) is 32.3 Å². The molecule has 136 valence electrons. The number of benzene rings is 1. The highest BCUT2D eigenvalue weighted by Crippen LogP contribution is 2.32. The number of aromatic nitrogens is 2. The Morgan fingerprint density at radius 3 is 2.50 bits per heavy atom. The van der Waals surface area contributed by atoms with E-state index in [9.17, 15) is 13.2 Å². The highest BCUT2D eigenvalue weighted by molar-refractivity contribution is 7.22. The van der Waals surface area contributed by atoms with Gasteiger partial charge >= 0.3 is 6.18 Å². The zero-order valence-electron chi connectivity index (χ0n) is 13.9. The van der Waals surface area contributed by atoms with Crippen LogP contribution in [0.1, 0.15) is 11.3 Å². The van der Waals surface area contributed by atoms with Crippen molar-refractivity contribution in [1.29, 1.82) is 0 Å². The second-order valence-electron chi connectivity index (χ2n) is 6.24. The molecule has 0 saturated carbocycles.